The van der Waals surface area contributed by atoms with E-state index in [0.29, 0.717) is 13.2 Å². The summed E-state index contributed by atoms with van der Waals surface area (Å²) in [6.45, 7) is 3.98. The van der Waals surface area contributed by atoms with Gasteiger partial charge in [-0.3, -0.25) is 0 Å². The zero-order valence-electron chi connectivity index (χ0n) is 8.16. The van der Waals surface area contributed by atoms with E-state index in [1.165, 1.54) is 0 Å². The molecule has 0 aliphatic carbocycles. The van der Waals surface area contributed by atoms with Gasteiger partial charge in [0.15, 0.2) is 0 Å². The lowest BCUT2D eigenvalue weighted by atomic mass is 10.4. The van der Waals surface area contributed by atoms with E-state index >= 15 is 0 Å². The number of nitrogens with zero attached hydrogens (tertiary/aromatic N) is 3. The predicted octanol–water partition coefficient (Wildman–Crippen LogP) is -0.266. The highest BCUT2D eigenvalue weighted by molar-refractivity contribution is 4.94. The summed E-state index contributed by atoms with van der Waals surface area (Å²) in [5, 5.41) is 8.04. The Bertz CT molecular complexity index is 259. The first-order valence-electron chi connectivity index (χ1n) is 4.37. The van der Waals surface area contributed by atoms with Gasteiger partial charge in [0.05, 0.1) is 6.61 Å². The molecule has 0 aliphatic rings. The molecular formula is C8H16N4O. The predicted molar refractivity (Wildman–Crippen MR) is 49.4 cm³/mol. The van der Waals surface area contributed by atoms with Gasteiger partial charge < -0.3 is 15.0 Å². The molecule has 0 radical (unpaired) electrons. The molecule has 0 spiro atoms. The second-order valence-electron chi connectivity index (χ2n) is 2.85. The molecule has 1 rings (SSSR count). The van der Waals surface area contributed by atoms with Crippen molar-refractivity contribution in [2.24, 2.45) is 5.73 Å². The Morgan fingerprint density at radius 2 is 2.23 bits per heavy atom. The first-order valence-corrected chi connectivity index (χ1v) is 4.37. The van der Waals surface area contributed by atoms with Gasteiger partial charge >= 0.3 is 0 Å². The average molecular weight is 184 g/mol. The molecule has 0 saturated heterocycles. The van der Waals surface area contributed by atoms with Crippen LogP contribution in [0.25, 0.3) is 0 Å². The van der Waals surface area contributed by atoms with Crippen molar-refractivity contribution >= 4 is 0 Å². The first kappa shape index (κ1) is 10.1. The van der Waals surface area contributed by atoms with Crippen molar-refractivity contribution in [3.8, 4) is 0 Å². The smallest absolute Gasteiger partial charge is 0.135 e. The fraction of sp³-hybridized carbons (Fsp3) is 0.750. The Morgan fingerprint density at radius 3 is 2.85 bits per heavy atom. The second kappa shape index (κ2) is 4.94. The number of methoxy groups -OCH3 is 1. The first-order chi connectivity index (χ1) is 6.29. The summed E-state index contributed by atoms with van der Waals surface area (Å²) in [6.07, 6.45) is 0.789. The molecule has 0 aromatic carbocycles. The van der Waals surface area contributed by atoms with Crippen molar-refractivity contribution in [3.63, 3.8) is 0 Å². The quantitative estimate of drug-likeness (QED) is 0.684. The standard InChI is InChI=1S/C8H16N4O/c1-7-10-11-8(3-6-13-2)12(7)5-4-9/h3-6,9H2,1-2H3. The van der Waals surface area contributed by atoms with Gasteiger partial charge in [0.2, 0.25) is 0 Å². The summed E-state index contributed by atoms with van der Waals surface area (Å²) in [7, 11) is 1.68. The molecule has 74 valence electrons. The average Bonchev–Trinajstić information content (AvgIpc) is 2.46. The zero-order chi connectivity index (χ0) is 9.68. The highest BCUT2D eigenvalue weighted by Gasteiger charge is 2.06. The maximum absolute atomic E-state index is 5.48. The van der Waals surface area contributed by atoms with Crippen LogP contribution in [0.4, 0.5) is 0 Å². The zero-order valence-corrected chi connectivity index (χ0v) is 8.16. The van der Waals surface area contributed by atoms with Gasteiger partial charge in [0.25, 0.3) is 0 Å². The van der Waals surface area contributed by atoms with Crippen LogP contribution in [0.15, 0.2) is 0 Å². The molecule has 0 bridgehead atoms. The monoisotopic (exact) mass is 184 g/mol. The Kier molecular flexibility index (Phi) is 3.85. The fourth-order valence-electron chi connectivity index (χ4n) is 1.22. The Labute approximate surface area is 77.9 Å². The lowest BCUT2D eigenvalue weighted by Crippen LogP contribution is -2.14. The molecule has 0 aliphatic heterocycles. The number of nitrogens with two attached hydrogens (primary N) is 1. The summed E-state index contributed by atoms with van der Waals surface area (Å²) in [6, 6.07) is 0. The maximum atomic E-state index is 5.48. The minimum absolute atomic E-state index is 0.610. The van der Waals surface area contributed by atoms with Crippen molar-refractivity contribution in [1.82, 2.24) is 14.8 Å². The molecule has 1 aromatic heterocycles. The summed E-state index contributed by atoms with van der Waals surface area (Å²) >= 11 is 0. The lowest BCUT2D eigenvalue weighted by Gasteiger charge is -2.05. The highest BCUT2D eigenvalue weighted by atomic mass is 16.5. The van der Waals surface area contributed by atoms with E-state index in [2.05, 4.69) is 10.2 Å². The molecule has 0 atom stereocenters. The summed E-state index contributed by atoms with van der Waals surface area (Å²) in [4.78, 5) is 0. The van der Waals surface area contributed by atoms with Crippen LogP contribution in [0.2, 0.25) is 0 Å². The summed E-state index contributed by atoms with van der Waals surface area (Å²) in [5.41, 5.74) is 5.48. The van der Waals surface area contributed by atoms with Crippen LogP contribution in [-0.4, -0.2) is 35.0 Å². The van der Waals surface area contributed by atoms with Gasteiger partial charge in [-0.25, -0.2) is 0 Å². The number of rotatable bonds is 5. The number of hydrogen-bond donors (Lipinski definition) is 1. The number of hydrogen-bond acceptors (Lipinski definition) is 4. The molecule has 13 heavy (non-hydrogen) atoms. The summed E-state index contributed by atoms with van der Waals surface area (Å²) in [5.74, 6) is 1.86. The molecule has 0 saturated carbocycles. The number of aromatic nitrogens is 3. The molecular weight excluding hydrogens is 168 g/mol. The van der Waals surface area contributed by atoms with Crippen LogP contribution in [0, 0.1) is 6.92 Å². The van der Waals surface area contributed by atoms with E-state index in [9.17, 15) is 0 Å². The van der Waals surface area contributed by atoms with Crippen LogP contribution in [-0.2, 0) is 17.7 Å². The van der Waals surface area contributed by atoms with Crippen LogP contribution in [0.3, 0.4) is 0 Å². The minimum Gasteiger partial charge on any atom is -0.384 e. The third-order valence-corrected chi connectivity index (χ3v) is 1.89. The third kappa shape index (κ3) is 2.50. The SMILES string of the molecule is COCCc1nnc(C)n1CCN. The van der Waals surface area contributed by atoms with Crippen LogP contribution >= 0.6 is 0 Å². The Morgan fingerprint density at radius 1 is 1.46 bits per heavy atom. The minimum atomic E-state index is 0.610. The summed E-state index contributed by atoms with van der Waals surface area (Å²) < 4.78 is 7.00. The molecule has 0 amide bonds. The number of ether oxygens (including phenoxy) is 1. The van der Waals surface area contributed by atoms with Crippen molar-refractivity contribution in [3.05, 3.63) is 11.6 Å². The van der Waals surface area contributed by atoms with E-state index in [1.54, 1.807) is 7.11 Å². The Balaban J connectivity index is 2.68. The van der Waals surface area contributed by atoms with Crippen LogP contribution in [0.5, 0.6) is 0 Å². The van der Waals surface area contributed by atoms with E-state index in [4.69, 9.17) is 10.5 Å². The maximum Gasteiger partial charge on any atom is 0.135 e. The number of aryl methyl sites for hydroxylation is 1. The third-order valence-electron chi connectivity index (χ3n) is 1.89. The van der Waals surface area contributed by atoms with Gasteiger partial charge in [-0.15, -0.1) is 10.2 Å². The molecule has 1 aromatic rings. The molecule has 0 unspecified atom stereocenters. The van der Waals surface area contributed by atoms with E-state index in [0.717, 1.165) is 24.6 Å². The fourth-order valence-corrected chi connectivity index (χ4v) is 1.22. The highest BCUT2D eigenvalue weighted by Crippen LogP contribution is 2.01. The normalized spacial score (nSPS) is 10.7. The van der Waals surface area contributed by atoms with Crippen molar-refractivity contribution in [2.75, 3.05) is 20.3 Å². The van der Waals surface area contributed by atoms with Gasteiger partial charge in [0.1, 0.15) is 11.6 Å². The van der Waals surface area contributed by atoms with E-state index in [-0.39, 0.29) is 0 Å². The molecule has 2 N–H and O–H groups in total. The van der Waals surface area contributed by atoms with Gasteiger partial charge in [-0.1, -0.05) is 0 Å². The second-order valence-corrected chi connectivity index (χ2v) is 2.85. The van der Waals surface area contributed by atoms with Crippen molar-refractivity contribution < 1.29 is 4.74 Å². The van der Waals surface area contributed by atoms with Crippen molar-refractivity contribution in [1.29, 1.82) is 0 Å². The largest absolute Gasteiger partial charge is 0.384 e. The Hall–Kier alpha value is -0.940. The molecule has 0 fully saturated rings. The van der Waals surface area contributed by atoms with Gasteiger partial charge in [0, 0.05) is 26.6 Å². The lowest BCUT2D eigenvalue weighted by molar-refractivity contribution is 0.199. The van der Waals surface area contributed by atoms with E-state index < -0.39 is 0 Å². The van der Waals surface area contributed by atoms with Gasteiger partial charge in [-0.2, -0.15) is 0 Å². The molecule has 5 heteroatoms. The topological polar surface area (TPSA) is 66.0 Å². The molecule has 1 heterocycles. The molecule has 5 nitrogen and oxygen atoms in total. The van der Waals surface area contributed by atoms with Crippen LogP contribution < -0.4 is 5.73 Å². The van der Waals surface area contributed by atoms with E-state index in [1.807, 2.05) is 11.5 Å². The van der Waals surface area contributed by atoms with Crippen molar-refractivity contribution in [2.45, 2.75) is 19.9 Å². The van der Waals surface area contributed by atoms with Gasteiger partial charge in [-0.05, 0) is 6.92 Å². The van der Waals surface area contributed by atoms with Crippen LogP contribution in [0.1, 0.15) is 11.6 Å².